The average Bonchev–Trinajstić information content (AvgIpc) is 3.15. The number of nitrogens with one attached hydrogen (secondary N) is 1. The fourth-order valence-corrected chi connectivity index (χ4v) is 5.35. The highest BCUT2D eigenvalue weighted by Crippen LogP contribution is 2.49. The molecule has 1 amide bonds. The SMILES string of the molecule is Cl.Cl.O=C1COC(COc2ccc(F)cc2)CN1C1CCN(CC2[C@H]3CNC[C@@H]23)CC1. The van der Waals surface area contributed by atoms with E-state index in [1.54, 1.807) is 12.1 Å². The second kappa shape index (κ2) is 10.7. The number of hydrogen-bond donors (Lipinski definition) is 1. The third kappa shape index (κ3) is 5.63. The van der Waals surface area contributed by atoms with Crippen molar-refractivity contribution in [3.63, 3.8) is 0 Å². The monoisotopic (exact) mass is 475 g/mol. The maximum Gasteiger partial charge on any atom is 0.248 e. The van der Waals surface area contributed by atoms with Crippen molar-refractivity contribution in [3.05, 3.63) is 30.1 Å². The van der Waals surface area contributed by atoms with Crippen LogP contribution in [0.5, 0.6) is 5.75 Å². The van der Waals surface area contributed by atoms with E-state index >= 15 is 0 Å². The molecule has 3 saturated heterocycles. The normalized spacial score (nSPS) is 30.9. The number of piperidine rings is 2. The van der Waals surface area contributed by atoms with Gasteiger partial charge in [-0.2, -0.15) is 0 Å². The van der Waals surface area contributed by atoms with Gasteiger partial charge in [-0.3, -0.25) is 4.79 Å². The zero-order chi connectivity index (χ0) is 19.8. The molecule has 1 aromatic rings. The van der Waals surface area contributed by atoms with Crippen LogP contribution in [0.15, 0.2) is 24.3 Å². The molecule has 1 N–H and O–H groups in total. The lowest BCUT2D eigenvalue weighted by atomic mass is 10.0. The number of morpholine rings is 1. The number of amides is 1. The standard InChI is InChI=1S/C22H30FN3O3.2ClH/c23-15-1-3-17(4-2-15)28-13-18-11-26(22(27)14-29-18)16-5-7-25(8-6-16)12-21-19-9-24-10-20(19)21;;/h1-4,16,18-21,24H,5-14H2;2*1H/t18?,19-,20+,21?;;. The summed E-state index contributed by atoms with van der Waals surface area (Å²) in [6.45, 7) is 6.86. The van der Waals surface area contributed by atoms with E-state index in [-0.39, 0.29) is 49.2 Å². The number of nitrogens with zero attached hydrogens (tertiary/aromatic N) is 2. The third-order valence-corrected chi connectivity index (χ3v) is 7.15. The first-order chi connectivity index (χ1) is 14.2. The smallest absolute Gasteiger partial charge is 0.248 e. The fraction of sp³-hybridized carbons (Fsp3) is 0.682. The Bertz CT molecular complexity index is 723. The van der Waals surface area contributed by atoms with Crippen LogP contribution in [0.25, 0.3) is 0 Å². The van der Waals surface area contributed by atoms with E-state index in [0.717, 1.165) is 43.7 Å². The van der Waals surface area contributed by atoms with Gasteiger partial charge in [0.2, 0.25) is 5.91 Å². The molecular formula is C22H32Cl2FN3O3. The van der Waals surface area contributed by atoms with Crippen LogP contribution in [-0.2, 0) is 9.53 Å². The number of ether oxygens (including phenoxy) is 2. The van der Waals surface area contributed by atoms with Crippen LogP contribution in [0.4, 0.5) is 4.39 Å². The zero-order valence-corrected chi connectivity index (χ0v) is 19.2. The van der Waals surface area contributed by atoms with Crippen molar-refractivity contribution in [2.75, 3.05) is 52.5 Å². The van der Waals surface area contributed by atoms with Crippen LogP contribution in [0.3, 0.4) is 0 Å². The number of halogens is 3. The van der Waals surface area contributed by atoms with Gasteiger partial charge < -0.3 is 24.6 Å². The van der Waals surface area contributed by atoms with E-state index in [9.17, 15) is 9.18 Å². The van der Waals surface area contributed by atoms with Crippen LogP contribution in [-0.4, -0.2) is 80.3 Å². The first-order valence-electron chi connectivity index (χ1n) is 10.9. The van der Waals surface area contributed by atoms with Crippen LogP contribution >= 0.6 is 24.8 Å². The summed E-state index contributed by atoms with van der Waals surface area (Å²) >= 11 is 0. The van der Waals surface area contributed by atoms with E-state index in [1.807, 2.05) is 4.90 Å². The lowest BCUT2D eigenvalue weighted by Gasteiger charge is -2.42. The number of likely N-dealkylation sites (tertiary alicyclic amines) is 1. The second-order valence-electron chi connectivity index (χ2n) is 8.93. The molecule has 2 unspecified atom stereocenters. The van der Waals surface area contributed by atoms with Crippen molar-refractivity contribution in [1.29, 1.82) is 0 Å². The summed E-state index contributed by atoms with van der Waals surface area (Å²) in [6, 6.07) is 6.29. The molecule has 31 heavy (non-hydrogen) atoms. The van der Waals surface area contributed by atoms with E-state index < -0.39 is 0 Å². The van der Waals surface area contributed by atoms with Crippen LogP contribution < -0.4 is 10.1 Å². The molecule has 0 radical (unpaired) electrons. The van der Waals surface area contributed by atoms with Crippen molar-refractivity contribution >= 4 is 30.7 Å². The molecule has 6 nitrogen and oxygen atoms in total. The lowest BCUT2D eigenvalue weighted by Crippen LogP contribution is -2.55. The summed E-state index contributed by atoms with van der Waals surface area (Å²) in [5.74, 6) is 3.14. The Balaban J connectivity index is 0.00000136. The van der Waals surface area contributed by atoms with Gasteiger partial charge in [0, 0.05) is 25.7 Å². The van der Waals surface area contributed by atoms with Crippen LogP contribution in [0.1, 0.15) is 12.8 Å². The minimum Gasteiger partial charge on any atom is -0.491 e. The first kappa shape index (κ1) is 24.5. The maximum atomic E-state index is 13.0. The van der Waals surface area contributed by atoms with E-state index in [1.165, 1.54) is 31.8 Å². The quantitative estimate of drug-likeness (QED) is 0.683. The summed E-state index contributed by atoms with van der Waals surface area (Å²) in [4.78, 5) is 17.1. The molecule has 3 heterocycles. The Labute approximate surface area is 195 Å². The molecule has 5 rings (SSSR count). The highest BCUT2D eigenvalue weighted by atomic mass is 35.5. The molecule has 174 valence electrons. The second-order valence-corrected chi connectivity index (χ2v) is 8.93. The molecule has 1 saturated carbocycles. The largest absolute Gasteiger partial charge is 0.491 e. The predicted molar refractivity (Wildman–Crippen MR) is 121 cm³/mol. The number of fused-ring (bicyclic) bond motifs is 1. The molecule has 0 spiro atoms. The van der Waals surface area contributed by atoms with Gasteiger partial charge in [0.25, 0.3) is 0 Å². The average molecular weight is 476 g/mol. The Morgan fingerprint density at radius 2 is 1.77 bits per heavy atom. The molecule has 1 aliphatic carbocycles. The fourth-order valence-electron chi connectivity index (χ4n) is 5.35. The summed E-state index contributed by atoms with van der Waals surface area (Å²) in [6.07, 6.45) is 1.93. The molecule has 4 atom stereocenters. The molecule has 9 heteroatoms. The van der Waals surface area contributed by atoms with Crippen molar-refractivity contribution < 1.29 is 18.7 Å². The van der Waals surface area contributed by atoms with Gasteiger partial charge in [-0.1, -0.05) is 0 Å². The predicted octanol–water partition coefficient (Wildman–Crippen LogP) is 2.21. The van der Waals surface area contributed by atoms with Crippen molar-refractivity contribution in [1.82, 2.24) is 15.1 Å². The van der Waals surface area contributed by atoms with Gasteiger partial charge in [-0.25, -0.2) is 4.39 Å². The van der Waals surface area contributed by atoms with Crippen LogP contribution in [0.2, 0.25) is 0 Å². The zero-order valence-electron chi connectivity index (χ0n) is 17.6. The van der Waals surface area contributed by atoms with Gasteiger partial charge in [0.15, 0.2) is 0 Å². The van der Waals surface area contributed by atoms with Gasteiger partial charge in [0.1, 0.15) is 30.9 Å². The van der Waals surface area contributed by atoms with E-state index in [2.05, 4.69) is 10.2 Å². The number of carbonyl (C=O) groups excluding carboxylic acids is 1. The molecule has 3 aliphatic heterocycles. The summed E-state index contributed by atoms with van der Waals surface area (Å²) in [5.41, 5.74) is 0. The molecule has 0 bridgehead atoms. The van der Waals surface area contributed by atoms with Crippen LogP contribution in [0, 0.1) is 23.6 Å². The van der Waals surface area contributed by atoms with Gasteiger partial charge >= 0.3 is 0 Å². The summed E-state index contributed by atoms with van der Waals surface area (Å²) < 4.78 is 24.4. The minimum atomic E-state index is -0.282. The van der Waals surface area contributed by atoms with Crippen molar-refractivity contribution in [2.45, 2.75) is 25.0 Å². The molecule has 0 aromatic heterocycles. The van der Waals surface area contributed by atoms with Gasteiger partial charge in [-0.15, -0.1) is 24.8 Å². The Morgan fingerprint density at radius 1 is 1.10 bits per heavy atom. The Kier molecular flexibility index (Phi) is 8.44. The summed E-state index contributed by atoms with van der Waals surface area (Å²) in [7, 11) is 0. The molecule has 1 aromatic carbocycles. The van der Waals surface area contributed by atoms with Crippen molar-refractivity contribution in [3.8, 4) is 5.75 Å². The number of hydrogen-bond acceptors (Lipinski definition) is 5. The molecule has 4 fully saturated rings. The van der Waals surface area contributed by atoms with E-state index in [4.69, 9.17) is 9.47 Å². The topological polar surface area (TPSA) is 54.0 Å². The number of benzene rings is 1. The number of rotatable bonds is 6. The number of carbonyl (C=O) groups is 1. The Morgan fingerprint density at radius 3 is 2.45 bits per heavy atom. The minimum absolute atomic E-state index is 0. The highest BCUT2D eigenvalue weighted by Gasteiger charge is 2.53. The Hall–Kier alpha value is -1.12. The first-order valence-corrected chi connectivity index (χ1v) is 10.9. The lowest BCUT2D eigenvalue weighted by molar-refractivity contribution is -0.155. The molecule has 4 aliphatic rings. The van der Waals surface area contributed by atoms with E-state index in [0.29, 0.717) is 24.9 Å². The highest BCUT2D eigenvalue weighted by molar-refractivity contribution is 5.85. The summed E-state index contributed by atoms with van der Waals surface area (Å²) in [5, 5.41) is 3.47. The third-order valence-electron chi connectivity index (χ3n) is 7.15. The van der Waals surface area contributed by atoms with Gasteiger partial charge in [-0.05, 0) is 68.0 Å². The molecular weight excluding hydrogens is 444 g/mol. The van der Waals surface area contributed by atoms with Crippen molar-refractivity contribution in [2.24, 2.45) is 17.8 Å². The van der Waals surface area contributed by atoms with Gasteiger partial charge in [0.05, 0.1) is 6.54 Å². The maximum absolute atomic E-state index is 13.0.